The van der Waals surface area contributed by atoms with Crippen molar-refractivity contribution in [2.75, 3.05) is 6.54 Å². The summed E-state index contributed by atoms with van der Waals surface area (Å²) in [6.07, 6.45) is 0.363. The van der Waals surface area contributed by atoms with Gasteiger partial charge in [-0.05, 0) is 35.1 Å². The summed E-state index contributed by atoms with van der Waals surface area (Å²) in [6, 6.07) is 10.8. The van der Waals surface area contributed by atoms with Crippen LogP contribution in [0.3, 0.4) is 0 Å². The van der Waals surface area contributed by atoms with Gasteiger partial charge in [0.25, 0.3) is 5.56 Å². The Morgan fingerprint density at radius 3 is 2.55 bits per heavy atom. The number of fused-ring (bicyclic) bond motifs is 1. The Morgan fingerprint density at radius 2 is 1.92 bits per heavy atom. The molecule has 11 nitrogen and oxygen atoms in total. The van der Waals surface area contributed by atoms with Crippen LogP contribution in [0.4, 0.5) is 4.79 Å². The van der Waals surface area contributed by atoms with Crippen molar-refractivity contribution in [2.45, 2.75) is 65.7 Å². The quantitative estimate of drug-likeness (QED) is 0.411. The van der Waals surface area contributed by atoms with Crippen LogP contribution < -0.4 is 11.2 Å². The minimum Gasteiger partial charge on any atom is -0.465 e. The summed E-state index contributed by atoms with van der Waals surface area (Å²) in [5.41, 5.74) is 0.292. The van der Waals surface area contributed by atoms with Crippen LogP contribution in [0.25, 0.3) is 20.7 Å². The van der Waals surface area contributed by atoms with Gasteiger partial charge in [0.05, 0.1) is 5.52 Å². The van der Waals surface area contributed by atoms with Gasteiger partial charge in [-0.2, -0.15) is 0 Å². The Bertz CT molecular complexity index is 1600. The van der Waals surface area contributed by atoms with Crippen molar-refractivity contribution in [2.24, 2.45) is 5.41 Å². The molecule has 1 fully saturated rings. The van der Waals surface area contributed by atoms with Crippen LogP contribution in [0, 0.1) is 5.41 Å². The zero-order valence-electron chi connectivity index (χ0n) is 21.9. The van der Waals surface area contributed by atoms with Crippen molar-refractivity contribution in [3.05, 3.63) is 63.1 Å². The second-order valence-corrected chi connectivity index (χ2v) is 11.7. The summed E-state index contributed by atoms with van der Waals surface area (Å²) < 4.78 is 3.31. The molecular formula is C26H31N7O4S. The van der Waals surface area contributed by atoms with E-state index < -0.39 is 17.8 Å². The molecule has 38 heavy (non-hydrogen) atoms. The lowest BCUT2D eigenvalue weighted by atomic mass is 9.79. The van der Waals surface area contributed by atoms with Crippen molar-refractivity contribution in [1.82, 2.24) is 34.2 Å². The SMILES string of the molecule is CCc1nnn(Cn2c(=O)n(C3CCN(C(=O)O)C(C(C)(C)C)C3)c(=O)c3sc(-c4ccccc4)cc32)n1. The Balaban J connectivity index is 1.67. The van der Waals surface area contributed by atoms with Crippen molar-refractivity contribution in [3.63, 3.8) is 0 Å². The first-order valence-electron chi connectivity index (χ1n) is 12.7. The third-order valence-electron chi connectivity index (χ3n) is 7.18. The Morgan fingerprint density at radius 1 is 1.18 bits per heavy atom. The zero-order chi connectivity index (χ0) is 27.2. The lowest BCUT2D eigenvalue weighted by molar-refractivity contribution is 0.0414. The number of hydrogen-bond donors (Lipinski definition) is 1. The van der Waals surface area contributed by atoms with Crippen LogP contribution in [0.2, 0.25) is 0 Å². The highest BCUT2D eigenvalue weighted by Crippen LogP contribution is 2.37. The number of rotatable bonds is 5. The van der Waals surface area contributed by atoms with Gasteiger partial charge in [-0.15, -0.1) is 26.3 Å². The maximum absolute atomic E-state index is 14.0. The van der Waals surface area contributed by atoms with Crippen molar-refractivity contribution in [3.8, 4) is 10.4 Å². The van der Waals surface area contributed by atoms with E-state index in [1.807, 2.05) is 64.1 Å². The molecular weight excluding hydrogens is 506 g/mol. The number of hydrogen-bond acceptors (Lipinski definition) is 7. The fourth-order valence-corrected chi connectivity index (χ4v) is 6.31. The lowest BCUT2D eigenvalue weighted by Gasteiger charge is -2.44. The van der Waals surface area contributed by atoms with E-state index in [0.29, 0.717) is 35.3 Å². The van der Waals surface area contributed by atoms with Gasteiger partial charge in [0.2, 0.25) is 0 Å². The van der Waals surface area contributed by atoms with E-state index in [1.165, 1.54) is 30.2 Å². The number of aromatic nitrogens is 6. The molecule has 1 N–H and O–H groups in total. The largest absolute Gasteiger partial charge is 0.465 e. The topological polar surface area (TPSA) is 128 Å². The smallest absolute Gasteiger partial charge is 0.407 e. The fourth-order valence-electron chi connectivity index (χ4n) is 5.20. The number of carbonyl (C=O) groups is 1. The molecule has 12 heteroatoms. The Labute approximate surface area is 222 Å². The summed E-state index contributed by atoms with van der Waals surface area (Å²) in [7, 11) is 0. The van der Waals surface area contributed by atoms with Gasteiger partial charge in [0.1, 0.15) is 11.4 Å². The third kappa shape index (κ3) is 4.64. The minimum atomic E-state index is -0.988. The average molecular weight is 538 g/mol. The first-order valence-corrected chi connectivity index (χ1v) is 13.5. The van der Waals surface area contributed by atoms with Gasteiger partial charge in [0, 0.05) is 29.9 Å². The van der Waals surface area contributed by atoms with Crippen molar-refractivity contribution >= 4 is 27.6 Å². The van der Waals surface area contributed by atoms with E-state index in [4.69, 9.17) is 0 Å². The standard InChI is InChI=1S/C26H31N7O4S/c1-5-21-27-29-32(28-21)15-31-18-14-19(16-9-7-6-8-10-16)38-22(18)23(34)33(24(31)35)17-11-12-30(25(36)37)20(13-17)26(2,3)4/h6-10,14,17,20H,5,11-13,15H2,1-4H3,(H,36,37). The van der Waals surface area contributed by atoms with Gasteiger partial charge in [-0.3, -0.25) is 13.9 Å². The second-order valence-electron chi connectivity index (χ2n) is 10.7. The molecule has 2 atom stereocenters. The number of tetrazole rings is 1. The molecule has 0 radical (unpaired) electrons. The number of piperidine rings is 1. The van der Waals surface area contributed by atoms with Gasteiger partial charge in [-0.25, -0.2) is 9.59 Å². The van der Waals surface area contributed by atoms with Gasteiger partial charge >= 0.3 is 11.8 Å². The highest BCUT2D eigenvalue weighted by Gasteiger charge is 2.40. The van der Waals surface area contributed by atoms with Crippen LogP contribution in [0.5, 0.6) is 0 Å². The first-order chi connectivity index (χ1) is 18.1. The lowest BCUT2D eigenvalue weighted by Crippen LogP contribution is -2.54. The maximum Gasteiger partial charge on any atom is 0.407 e. The molecule has 1 aliphatic rings. The van der Waals surface area contributed by atoms with E-state index in [9.17, 15) is 19.5 Å². The molecule has 1 aliphatic heterocycles. The van der Waals surface area contributed by atoms with Crippen LogP contribution in [-0.4, -0.2) is 58.0 Å². The van der Waals surface area contributed by atoms with Crippen molar-refractivity contribution < 1.29 is 9.90 Å². The highest BCUT2D eigenvalue weighted by molar-refractivity contribution is 7.22. The van der Waals surface area contributed by atoms with Crippen molar-refractivity contribution in [1.29, 1.82) is 0 Å². The van der Waals surface area contributed by atoms with Crippen LogP contribution >= 0.6 is 11.3 Å². The van der Waals surface area contributed by atoms with Crippen LogP contribution in [0.1, 0.15) is 52.4 Å². The molecule has 4 heterocycles. The molecule has 3 aromatic heterocycles. The molecule has 4 aromatic rings. The number of nitrogens with zero attached hydrogens (tertiary/aromatic N) is 7. The van der Waals surface area contributed by atoms with E-state index in [-0.39, 0.29) is 30.2 Å². The number of benzene rings is 1. The van der Waals surface area contributed by atoms with Crippen LogP contribution in [0.15, 0.2) is 46.0 Å². The minimum absolute atomic E-state index is 0.00421. The normalized spacial score (nSPS) is 18.3. The monoisotopic (exact) mass is 537 g/mol. The molecule has 200 valence electrons. The molecule has 5 rings (SSSR count). The van der Waals surface area contributed by atoms with E-state index >= 15 is 0 Å². The molecule has 2 unspecified atom stereocenters. The molecule has 1 amide bonds. The number of amides is 1. The summed E-state index contributed by atoms with van der Waals surface area (Å²) >= 11 is 1.35. The summed E-state index contributed by atoms with van der Waals surface area (Å²) in [6.45, 7) is 8.11. The number of thiophene rings is 1. The Hall–Kier alpha value is -3.80. The van der Waals surface area contributed by atoms with Gasteiger partial charge < -0.3 is 10.0 Å². The second kappa shape index (κ2) is 9.82. The average Bonchev–Trinajstić information content (AvgIpc) is 3.54. The zero-order valence-corrected chi connectivity index (χ0v) is 22.7. The number of likely N-dealkylation sites (tertiary alicyclic amines) is 1. The van der Waals surface area contributed by atoms with Gasteiger partial charge in [0.15, 0.2) is 5.82 Å². The molecule has 1 saturated heterocycles. The van der Waals surface area contributed by atoms with E-state index in [2.05, 4.69) is 15.4 Å². The Kier molecular flexibility index (Phi) is 6.68. The molecule has 0 spiro atoms. The fraction of sp³-hybridized carbons (Fsp3) is 0.462. The molecule has 1 aromatic carbocycles. The maximum atomic E-state index is 14.0. The number of aryl methyl sites for hydroxylation is 1. The van der Waals surface area contributed by atoms with E-state index in [0.717, 1.165) is 10.4 Å². The predicted molar refractivity (Wildman–Crippen MR) is 145 cm³/mol. The van der Waals surface area contributed by atoms with E-state index in [1.54, 1.807) is 0 Å². The molecule has 0 aliphatic carbocycles. The van der Waals surface area contributed by atoms with Gasteiger partial charge in [-0.1, -0.05) is 58.0 Å². The molecule has 0 bridgehead atoms. The van der Waals surface area contributed by atoms with Crippen LogP contribution in [-0.2, 0) is 13.1 Å². The molecule has 0 saturated carbocycles. The first kappa shape index (κ1) is 25.8. The predicted octanol–water partition coefficient (Wildman–Crippen LogP) is 3.68. The summed E-state index contributed by atoms with van der Waals surface area (Å²) in [5, 5.41) is 22.3. The number of carboxylic acid groups (broad SMARTS) is 1. The summed E-state index contributed by atoms with van der Waals surface area (Å²) in [5.74, 6) is 0.562. The summed E-state index contributed by atoms with van der Waals surface area (Å²) in [4.78, 5) is 43.5. The highest BCUT2D eigenvalue weighted by atomic mass is 32.1. The third-order valence-corrected chi connectivity index (χ3v) is 8.34.